The number of nitrogen functional groups attached to an aromatic ring is 1. The quantitative estimate of drug-likeness (QED) is 0.810. The fraction of sp³-hybridized carbons (Fsp3) is 0.500. The van der Waals surface area contributed by atoms with Gasteiger partial charge in [-0.15, -0.1) is 0 Å². The van der Waals surface area contributed by atoms with E-state index in [1.807, 2.05) is 13.0 Å². The predicted octanol–water partition coefficient (Wildman–Crippen LogP) is 2.89. The van der Waals surface area contributed by atoms with Gasteiger partial charge in [-0.1, -0.05) is 6.07 Å². The largest absolute Gasteiger partial charge is 0.398 e. The first-order valence-electron chi connectivity index (χ1n) is 5.57. The highest BCUT2D eigenvalue weighted by Gasteiger charge is 2.29. The fourth-order valence-electron chi connectivity index (χ4n) is 2.14. The molecule has 0 atom stereocenters. The van der Waals surface area contributed by atoms with E-state index < -0.39 is 12.6 Å². The van der Waals surface area contributed by atoms with Crippen LogP contribution < -0.4 is 10.6 Å². The van der Waals surface area contributed by atoms with Gasteiger partial charge in [0.25, 0.3) is 0 Å². The van der Waals surface area contributed by atoms with Crippen LogP contribution in [-0.2, 0) is 6.42 Å². The van der Waals surface area contributed by atoms with Crippen LogP contribution in [0, 0.1) is 6.92 Å². The lowest BCUT2D eigenvalue weighted by molar-refractivity contribution is -0.132. The van der Waals surface area contributed by atoms with Crippen molar-refractivity contribution in [2.24, 2.45) is 0 Å². The van der Waals surface area contributed by atoms with E-state index in [1.54, 1.807) is 11.0 Å². The lowest BCUT2D eigenvalue weighted by atomic mass is 10.1. The zero-order valence-corrected chi connectivity index (χ0v) is 9.64. The lowest BCUT2D eigenvalue weighted by Crippen LogP contribution is -2.26. The van der Waals surface area contributed by atoms with Crippen molar-refractivity contribution in [1.29, 1.82) is 0 Å². The third-order valence-electron chi connectivity index (χ3n) is 3.12. The lowest BCUT2D eigenvalue weighted by Gasteiger charge is -2.20. The number of alkyl halides is 3. The maximum Gasteiger partial charge on any atom is 0.390 e. The summed E-state index contributed by atoms with van der Waals surface area (Å²) in [5, 5.41) is 0. The summed E-state index contributed by atoms with van der Waals surface area (Å²) >= 11 is 0. The summed E-state index contributed by atoms with van der Waals surface area (Å²) in [5.41, 5.74) is 9.37. The summed E-state index contributed by atoms with van der Waals surface area (Å²) in [4.78, 5) is 1.76. The number of aryl methyl sites for hydroxylation is 1. The SMILES string of the molecule is Cc1cc2c(cc1N)N(CCC(F)(F)F)CC2. The van der Waals surface area contributed by atoms with E-state index in [0.29, 0.717) is 12.2 Å². The van der Waals surface area contributed by atoms with Crippen molar-refractivity contribution >= 4 is 11.4 Å². The first-order chi connectivity index (χ1) is 7.87. The molecule has 1 aliphatic rings. The van der Waals surface area contributed by atoms with Crippen LogP contribution in [-0.4, -0.2) is 19.3 Å². The number of halogens is 3. The Morgan fingerprint density at radius 3 is 2.71 bits per heavy atom. The van der Waals surface area contributed by atoms with Crippen molar-refractivity contribution in [2.45, 2.75) is 25.9 Å². The second-order valence-electron chi connectivity index (χ2n) is 4.44. The molecule has 94 valence electrons. The summed E-state index contributed by atoms with van der Waals surface area (Å²) in [6.07, 6.45) is -4.08. The smallest absolute Gasteiger partial charge is 0.390 e. The van der Waals surface area contributed by atoms with Gasteiger partial charge in [0.1, 0.15) is 0 Å². The molecule has 0 bridgehead atoms. The van der Waals surface area contributed by atoms with Gasteiger partial charge in [0.05, 0.1) is 6.42 Å². The first kappa shape index (κ1) is 12.1. The molecule has 1 heterocycles. The van der Waals surface area contributed by atoms with E-state index in [0.717, 1.165) is 23.2 Å². The highest BCUT2D eigenvalue weighted by molar-refractivity contribution is 5.67. The van der Waals surface area contributed by atoms with Crippen molar-refractivity contribution in [3.8, 4) is 0 Å². The Bertz CT molecular complexity index is 426. The Morgan fingerprint density at radius 2 is 2.06 bits per heavy atom. The standard InChI is InChI=1S/C12H15F3N2/c1-8-6-9-2-4-17(5-3-12(13,14)15)11(9)7-10(8)16/h6-7H,2-5,16H2,1H3. The van der Waals surface area contributed by atoms with Crippen molar-refractivity contribution in [1.82, 2.24) is 0 Å². The van der Waals surface area contributed by atoms with Gasteiger partial charge in [-0.05, 0) is 30.5 Å². The minimum absolute atomic E-state index is 0.0129. The monoisotopic (exact) mass is 244 g/mol. The van der Waals surface area contributed by atoms with Gasteiger partial charge < -0.3 is 10.6 Å². The highest BCUT2D eigenvalue weighted by Crippen LogP contribution is 2.33. The van der Waals surface area contributed by atoms with Gasteiger partial charge in [0.15, 0.2) is 0 Å². The Hall–Kier alpha value is -1.39. The number of anilines is 2. The van der Waals surface area contributed by atoms with Gasteiger partial charge in [-0.3, -0.25) is 0 Å². The zero-order valence-electron chi connectivity index (χ0n) is 9.64. The van der Waals surface area contributed by atoms with Crippen molar-refractivity contribution in [2.75, 3.05) is 23.7 Å². The Labute approximate surface area is 98.2 Å². The number of fused-ring (bicyclic) bond motifs is 1. The zero-order chi connectivity index (χ0) is 12.6. The molecule has 2 rings (SSSR count). The minimum Gasteiger partial charge on any atom is -0.398 e. The van der Waals surface area contributed by atoms with Gasteiger partial charge in [-0.25, -0.2) is 0 Å². The van der Waals surface area contributed by atoms with Crippen LogP contribution in [0.3, 0.4) is 0 Å². The van der Waals surface area contributed by atoms with Gasteiger partial charge in [-0.2, -0.15) is 13.2 Å². The van der Waals surface area contributed by atoms with Gasteiger partial charge >= 0.3 is 6.18 Å². The average molecular weight is 244 g/mol. The molecule has 0 fully saturated rings. The molecular weight excluding hydrogens is 229 g/mol. The summed E-state index contributed by atoms with van der Waals surface area (Å²) in [6, 6.07) is 3.76. The summed E-state index contributed by atoms with van der Waals surface area (Å²) < 4.78 is 36.5. The number of nitrogens with zero attached hydrogens (tertiary/aromatic N) is 1. The molecule has 0 unspecified atom stereocenters. The normalized spacial score (nSPS) is 15.2. The molecule has 0 saturated heterocycles. The van der Waals surface area contributed by atoms with E-state index >= 15 is 0 Å². The second-order valence-corrected chi connectivity index (χ2v) is 4.44. The summed E-state index contributed by atoms with van der Waals surface area (Å²) in [5.74, 6) is 0. The fourth-order valence-corrected chi connectivity index (χ4v) is 2.14. The van der Waals surface area contributed by atoms with Crippen LogP contribution in [0.2, 0.25) is 0 Å². The molecule has 5 heteroatoms. The number of rotatable bonds is 2. The van der Waals surface area contributed by atoms with Crippen molar-refractivity contribution in [3.05, 3.63) is 23.3 Å². The topological polar surface area (TPSA) is 29.3 Å². The molecule has 0 saturated carbocycles. The number of hydrogen-bond donors (Lipinski definition) is 1. The average Bonchev–Trinajstić information content (AvgIpc) is 2.57. The van der Waals surface area contributed by atoms with Crippen molar-refractivity contribution < 1.29 is 13.2 Å². The molecule has 1 aromatic carbocycles. The molecular formula is C12H15F3N2. The van der Waals surface area contributed by atoms with Crippen LogP contribution in [0.1, 0.15) is 17.5 Å². The van der Waals surface area contributed by atoms with Crippen LogP contribution in [0.5, 0.6) is 0 Å². The Morgan fingerprint density at radius 1 is 1.35 bits per heavy atom. The number of hydrogen-bond acceptors (Lipinski definition) is 2. The Kier molecular flexibility index (Phi) is 2.93. The van der Waals surface area contributed by atoms with E-state index in [1.165, 1.54) is 0 Å². The highest BCUT2D eigenvalue weighted by atomic mass is 19.4. The van der Waals surface area contributed by atoms with E-state index in [9.17, 15) is 13.2 Å². The van der Waals surface area contributed by atoms with Crippen LogP contribution in [0.25, 0.3) is 0 Å². The first-order valence-corrected chi connectivity index (χ1v) is 5.57. The van der Waals surface area contributed by atoms with E-state index in [2.05, 4.69) is 0 Å². The Balaban J connectivity index is 2.14. The number of nitrogens with two attached hydrogens (primary N) is 1. The van der Waals surface area contributed by atoms with Crippen LogP contribution in [0.4, 0.5) is 24.5 Å². The maximum absolute atomic E-state index is 12.2. The van der Waals surface area contributed by atoms with Crippen LogP contribution in [0.15, 0.2) is 12.1 Å². The second kappa shape index (κ2) is 4.13. The molecule has 2 nitrogen and oxygen atoms in total. The number of benzene rings is 1. The van der Waals surface area contributed by atoms with E-state index in [4.69, 9.17) is 5.73 Å². The van der Waals surface area contributed by atoms with Gasteiger partial charge in [0.2, 0.25) is 0 Å². The molecule has 1 aliphatic heterocycles. The molecule has 2 N–H and O–H groups in total. The third-order valence-corrected chi connectivity index (χ3v) is 3.12. The van der Waals surface area contributed by atoms with Gasteiger partial charge in [0, 0.05) is 24.5 Å². The summed E-state index contributed by atoms with van der Waals surface area (Å²) in [6.45, 7) is 2.57. The predicted molar refractivity (Wildman–Crippen MR) is 62.2 cm³/mol. The molecule has 0 spiro atoms. The molecule has 0 radical (unpaired) electrons. The molecule has 17 heavy (non-hydrogen) atoms. The van der Waals surface area contributed by atoms with E-state index in [-0.39, 0.29) is 6.54 Å². The van der Waals surface area contributed by atoms with Crippen molar-refractivity contribution in [3.63, 3.8) is 0 Å². The molecule has 0 aromatic heterocycles. The minimum atomic E-state index is -4.10. The molecule has 0 amide bonds. The maximum atomic E-state index is 12.2. The third kappa shape index (κ3) is 2.65. The molecule has 0 aliphatic carbocycles. The summed E-state index contributed by atoms with van der Waals surface area (Å²) in [7, 11) is 0. The van der Waals surface area contributed by atoms with Crippen LogP contribution >= 0.6 is 0 Å². The molecule has 1 aromatic rings.